The van der Waals surface area contributed by atoms with Gasteiger partial charge in [0.1, 0.15) is 0 Å². The highest BCUT2D eigenvalue weighted by Gasteiger charge is 2.04. The maximum Gasteiger partial charge on any atom is 0.0403 e. The smallest absolute Gasteiger partial charge is 0.0403 e. The molecule has 0 aliphatic rings. The van der Waals surface area contributed by atoms with Crippen LogP contribution >= 0.6 is 0 Å². The molecule has 0 aromatic carbocycles. The molecule has 0 aliphatic carbocycles. The Morgan fingerprint density at radius 2 is 2.06 bits per heavy atom. The van der Waals surface area contributed by atoms with E-state index in [9.17, 15) is 0 Å². The van der Waals surface area contributed by atoms with E-state index in [2.05, 4.69) is 43.3 Å². The highest BCUT2D eigenvalue weighted by atomic mass is 14.9. The third-order valence-corrected chi connectivity index (χ3v) is 3.33. The van der Waals surface area contributed by atoms with Gasteiger partial charge in [0.2, 0.25) is 0 Å². The molecular weight excluding hydrogens is 208 g/mol. The Balaban J connectivity index is 2.29. The first kappa shape index (κ1) is 14.2. The van der Waals surface area contributed by atoms with Gasteiger partial charge in [-0.1, -0.05) is 26.3 Å². The van der Waals surface area contributed by atoms with Crippen LogP contribution in [0.5, 0.6) is 0 Å². The summed E-state index contributed by atoms with van der Waals surface area (Å²) in [5, 5.41) is 3.39. The zero-order chi connectivity index (χ0) is 12.5. The molecule has 1 unspecified atom stereocenters. The van der Waals surface area contributed by atoms with E-state index in [0.29, 0.717) is 6.04 Å². The van der Waals surface area contributed by atoms with Gasteiger partial charge in [-0.05, 0) is 50.8 Å². The number of nitrogens with one attached hydrogen (secondary N) is 1. The van der Waals surface area contributed by atoms with Gasteiger partial charge in [0.05, 0.1) is 0 Å². The van der Waals surface area contributed by atoms with Gasteiger partial charge in [-0.15, -0.1) is 0 Å². The minimum Gasteiger partial charge on any atom is -0.317 e. The van der Waals surface area contributed by atoms with Crippen molar-refractivity contribution in [3.63, 3.8) is 0 Å². The highest BCUT2D eigenvalue weighted by Crippen LogP contribution is 2.09. The lowest BCUT2D eigenvalue weighted by Crippen LogP contribution is -2.24. The van der Waals surface area contributed by atoms with Crippen LogP contribution in [0.2, 0.25) is 0 Å². The first-order valence-corrected chi connectivity index (χ1v) is 6.91. The summed E-state index contributed by atoms with van der Waals surface area (Å²) in [4.78, 5) is 4.50. The van der Waals surface area contributed by atoms with Gasteiger partial charge < -0.3 is 5.32 Å². The Labute approximate surface area is 106 Å². The van der Waals surface area contributed by atoms with Gasteiger partial charge >= 0.3 is 0 Å². The second-order valence-corrected chi connectivity index (χ2v) is 4.68. The van der Waals surface area contributed by atoms with Crippen LogP contribution < -0.4 is 5.32 Å². The monoisotopic (exact) mass is 234 g/mol. The van der Waals surface area contributed by atoms with Crippen molar-refractivity contribution in [2.24, 2.45) is 0 Å². The Bertz CT molecular complexity index is 292. The van der Waals surface area contributed by atoms with E-state index >= 15 is 0 Å². The predicted molar refractivity (Wildman–Crippen MR) is 74.3 cm³/mol. The quantitative estimate of drug-likeness (QED) is 0.746. The SMILES string of the molecule is CCCC(CCCc1ccc(CC)cn1)NC. The summed E-state index contributed by atoms with van der Waals surface area (Å²) in [7, 11) is 2.06. The van der Waals surface area contributed by atoms with E-state index in [0.717, 1.165) is 12.8 Å². The minimum absolute atomic E-state index is 0.676. The van der Waals surface area contributed by atoms with Gasteiger partial charge in [-0.2, -0.15) is 0 Å². The molecule has 0 amide bonds. The van der Waals surface area contributed by atoms with Gasteiger partial charge in [-0.3, -0.25) is 4.98 Å². The number of hydrogen-bond acceptors (Lipinski definition) is 2. The lowest BCUT2D eigenvalue weighted by molar-refractivity contribution is 0.468. The molecule has 1 rings (SSSR count). The zero-order valence-electron chi connectivity index (χ0n) is 11.5. The largest absolute Gasteiger partial charge is 0.317 e. The fraction of sp³-hybridized carbons (Fsp3) is 0.667. The number of pyridine rings is 1. The summed E-state index contributed by atoms with van der Waals surface area (Å²) >= 11 is 0. The molecule has 1 aromatic rings. The van der Waals surface area contributed by atoms with Crippen molar-refractivity contribution in [1.29, 1.82) is 0 Å². The van der Waals surface area contributed by atoms with E-state index in [1.807, 2.05) is 6.20 Å². The molecule has 2 nitrogen and oxygen atoms in total. The molecular formula is C15H26N2. The van der Waals surface area contributed by atoms with Crippen LogP contribution in [0.3, 0.4) is 0 Å². The first-order valence-electron chi connectivity index (χ1n) is 6.91. The van der Waals surface area contributed by atoms with Crippen molar-refractivity contribution in [3.8, 4) is 0 Å². The molecule has 0 fully saturated rings. The molecule has 1 atom stereocenters. The van der Waals surface area contributed by atoms with Gasteiger partial charge in [-0.25, -0.2) is 0 Å². The number of rotatable bonds is 8. The number of nitrogens with zero attached hydrogens (tertiary/aromatic N) is 1. The van der Waals surface area contributed by atoms with Crippen LogP contribution in [0, 0.1) is 0 Å². The maximum atomic E-state index is 4.50. The second kappa shape index (κ2) is 8.24. The van der Waals surface area contributed by atoms with Crippen molar-refractivity contribution in [3.05, 3.63) is 29.6 Å². The second-order valence-electron chi connectivity index (χ2n) is 4.68. The third-order valence-electron chi connectivity index (χ3n) is 3.33. The van der Waals surface area contributed by atoms with Crippen LogP contribution in [0.4, 0.5) is 0 Å². The van der Waals surface area contributed by atoms with Crippen LogP contribution in [0.1, 0.15) is 50.8 Å². The number of hydrogen-bond donors (Lipinski definition) is 1. The summed E-state index contributed by atoms with van der Waals surface area (Å²) in [6.45, 7) is 4.41. The molecule has 1 heterocycles. The van der Waals surface area contributed by atoms with Crippen molar-refractivity contribution in [1.82, 2.24) is 10.3 Å². The molecule has 0 radical (unpaired) electrons. The van der Waals surface area contributed by atoms with E-state index in [4.69, 9.17) is 0 Å². The molecule has 1 aromatic heterocycles. The molecule has 0 spiro atoms. The zero-order valence-corrected chi connectivity index (χ0v) is 11.5. The third kappa shape index (κ3) is 5.31. The summed E-state index contributed by atoms with van der Waals surface area (Å²) in [5.74, 6) is 0. The first-order chi connectivity index (χ1) is 8.30. The fourth-order valence-corrected chi connectivity index (χ4v) is 2.12. The van der Waals surface area contributed by atoms with E-state index in [1.54, 1.807) is 0 Å². The van der Waals surface area contributed by atoms with E-state index < -0.39 is 0 Å². The highest BCUT2D eigenvalue weighted by molar-refractivity contribution is 5.13. The summed E-state index contributed by atoms with van der Waals surface area (Å²) in [5.41, 5.74) is 2.56. The molecule has 2 heteroatoms. The molecule has 0 saturated heterocycles. The fourth-order valence-electron chi connectivity index (χ4n) is 2.12. The molecule has 17 heavy (non-hydrogen) atoms. The summed E-state index contributed by atoms with van der Waals surface area (Å²) < 4.78 is 0. The standard InChI is InChI=1S/C15H26N2/c1-4-7-14(16-3)8-6-9-15-11-10-13(5-2)12-17-15/h10-12,14,16H,4-9H2,1-3H3. The number of aromatic nitrogens is 1. The summed E-state index contributed by atoms with van der Waals surface area (Å²) in [6, 6.07) is 5.05. The molecule has 96 valence electrons. The Kier molecular flexibility index (Phi) is 6.87. The van der Waals surface area contributed by atoms with Crippen LogP contribution in [0.25, 0.3) is 0 Å². The Hall–Kier alpha value is -0.890. The Morgan fingerprint density at radius 1 is 1.24 bits per heavy atom. The maximum absolute atomic E-state index is 4.50. The minimum atomic E-state index is 0.676. The molecule has 1 N–H and O–H groups in total. The van der Waals surface area contributed by atoms with Gasteiger partial charge in [0.15, 0.2) is 0 Å². The van der Waals surface area contributed by atoms with Gasteiger partial charge in [0.25, 0.3) is 0 Å². The van der Waals surface area contributed by atoms with Crippen molar-refractivity contribution in [2.75, 3.05) is 7.05 Å². The van der Waals surface area contributed by atoms with E-state index in [-0.39, 0.29) is 0 Å². The average Bonchev–Trinajstić information content (AvgIpc) is 2.38. The molecule has 0 saturated carbocycles. The molecule has 0 aliphatic heterocycles. The summed E-state index contributed by atoms with van der Waals surface area (Å²) in [6.07, 6.45) is 9.20. The molecule has 0 bridgehead atoms. The normalized spacial score (nSPS) is 12.6. The predicted octanol–water partition coefficient (Wildman–Crippen LogP) is 3.35. The number of aryl methyl sites for hydroxylation is 2. The van der Waals surface area contributed by atoms with Crippen molar-refractivity contribution < 1.29 is 0 Å². The van der Waals surface area contributed by atoms with Crippen LogP contribution in [0.15, 0.2) is 18.3 Å². The van der Waals surface area contributed by atoms with Crippen molar-refractivity contribution in [2.45, 2.75) is 58.4 Å². The van der Waals surface area contributed by atoms with Crippen LogP contribution in [-0.2, 0) is 12.8 Å². The van der Waals surface area contributed by atoms with Crippen LogP contribution in [-0.4, -0.2) is 18.1 Å². The average molecular weight is 234 g/mol. The lowest BCUT2D eigenvalue weighted by Gasteiger charge is -2.14. The lowest BCUT2D eigenvalue weighted by atomic mass is 10.0. The van der Waals surface area contributed by atoms with Crippen molar-refractivity contribution >= 4 is 0 Å². The Morgan fingerprint density at radius 3 is 2.59 bits per heavy atom. The topological polar surface area (TPSA) is 24.9 Å². The van der Waals surface area contributed by atoms with E-state index in [1.165, 1.54) is 36.9 Å². The van der Waals surface area contributed by atoms with Gasteiger partial charge in [0, 0.05) is 17.9 Å².